The molecule has 0 spiro atoms. The molecule has 1 aromatic carbocycles. The van der Waals surface area contributed by atoms with Crippen LogP contribution in [-0.2, 0) is 14.9 Å². The molecule has 2 unspecified atom stereocenters. The fourth-order valence-electron chi connectivity index (χ4n) is 5.54. The summed E-state index contributed by atoms with van der Waals surface area (Å²) in [5.74, 6) is 0.0443. The molecule has 3 fully saturated rings. The molecule has 0 aromatic heterocycles. The van der Waals surface area contributed by atoms with Gasteiger partial charge in [-0.25, -0.2) is 0 Å². The van der Waals surface area contributed by atoms with Gasteiger partial charge in [0.25, 0.3) is 0 Å². The molecule has 3 aliphatic rings. The van der Waals surface area contributed by atoms with Crippen molar-refractivity contribution >= 4 is 5.97 Å². The summed E-state index contributed by atoms with van der Waals surface area (Å²) in [6.07, 6.45) is 8.93. The number of carbonyl (C=O) groups excluding carboxylic acids is 1. The molecule has 2 atom stereocenters. The number of quaternary nitrogens is 1. The minimum Gasteiger partial charge on any atom is -1.00 e. The lowest BCUT2D eigenvalue weighted by Crippen LogP contribution is -3.00. The van der Waals surface area contributed by atoms with E-state index in [0.29, 0.717) is 12.1 Å². The van der Waals surface area contributed by atoms with E-state index in [4.69, 9.17) is 4.74 Å². The van der Waals surface area contributed by atoms with Gasteiger partial charge in [0, 0.05) is 25.7 Å². The predicted octanol–water partition coefficient (Wildman–Crippen LogP) is 0.815. The van der Waals surface area contributed by atoms with E-state index < -0.39 is 0 Å². The van der Waals surface area contributed by atoms with Gasteiger partial charge in [-0.3, -0.25) is 4.79 Å². The average Bonchev–Trinajstić information content (AvgIpc) is 3.09. The molecular weight excluding hydrogens is 334 g/mol. The smallest absolute Gasteiger partial charge is 0.316 e. The summed E-state index contributed by atoms with van der Waals surface area (Å²) in [6, 6.07) is 11.7. The van der Waals surface area contributed by atoms with Gasteiger partial charge in [-0.2, -0.15) is 0 Å². The van der Waals surface area contributed by atoms with Crippen LogP contribution < -0.4 is 12.4 Å². The Morgan fingerprint density at radius 2 is 1.60 bits per heavy atom. The summed E-state index contributed by atoms with van der Waals surface area (Å²) < 4.78 is 7.28. The Morgan fingerprint density at radius 1 is 1.04 bits per heavy atom. The van der Waals surface area contributed by atoms with Crippen LogP contribution in [-0.4, -0.2) is 42.7 Å². The van der Waals surface area contributed by atoms with Gasteiger partial charge in [-0.15, -0.1) is 0 Å². The largest absolute Gasteiger partial charge is 1.00 e. The summed E-state index contributed by atoms with van der Waals surface area (Å²) in [7, 11) is 4.70. The highest BCUT2D eigenvalue weighted by Gasteiger charge is 2.51. The maximum Gasteiger partial charge on any atom is 0.316 e. The highest BCUT2D eigenvalue weighted by atomic mass is 35.5. The van der Waals surface area contributed by atoms with Gasteiger partial charge in [0.15, 0.2) is 0 Å². The van der Waals surface area contributed by atoms with E-state index in [1.165, 1.54) is 12.8 Å². The zero-order valence-electron chi connectivity index (χ0n) is 15.4. The van der Waals surface area contributed by atoms with Crippen LogP contribution in [0.1, 0.15) is 56.9 Å². The van der Waals surface area contributed by atoms with Crippen LogP contribution in [0, 0.1) is 0 Å². The van der Waals surface area contributed by atoms with Gasteiger partial charge in [-0.1, -0.05) is 43.2 Å². The van der Waals surface area contributed by atoms with Crippen LogP contribution in [0.4, 0.5) is 0 Å². The Morgan fingerprint density at radius 3 is 2.16 bits per heavy atom. The topological polar surface area (TPSA) is 26.3 Å². The number of halogens is 1. The third kappa shape index (κ3) is 3.10. The molecule has 1 saturated carbocycles. The number of rotatable bonds is 3. The first kappa shape index (κ1) is 18.7. The standard InChI is InChI=1S/C21H30NO2.ClH/c1-22(2)17-10-11-18(22)15-19(14-17)24-20(23)21(12-6-7-13-21)16-8-4-3-5-9-16;/h3-5,8-9,17-19H,6-7,10-15H2,1-2H3;1H/q+1;/p-1. The Bertz CT molecular complexity index is 594. The molecule has 0 amide bonds. The van der Waals surface area contributed by atoms with Crippen LogP contribution in [0.3, 0.4) is 0 Å². The predicted molar refractivity (Wildman–Crippen MR) is 94.6 cm³/mol. The molecule has 2 heterocycles. The first-order valence-electron chi connectivity index (χ1n) is 9.62. The Hall–Kier alpha value is -1.06. The van der Waals surface area contributed by atoms with Crippen molar-refractivity contribution < 1.29 is 26.4 Å². The molecular formula is C21H30ClNO2. The van der Waals surface area contributed by atoms with Crippen molar-refractivity contribution in [2.75, 3.05) is 14.1 Å². The molecule has 1 aromatic rings. The van der Waals surface area contributed by atoms with Crippen molar-refractivity contribution in [3.05, 3.63) is 35.9 Å². The molecule has 4 heteroatoms. The summed E-state index contributed by atoms with van der Waals surface area (Å²) in [5.41, 5.74) is 0.768. The van der Waals surface area contributed by atoms with E-state index in [0.717, 1.165) is 48.6 Å². The zero-order chi connectivity index (χ0) is 16.8. The molecule has 138 valence electrons. The van der Waals surface area contributed by atoms with E-state index in [-0.39, 0.29) is 29.9 Å². The number of ether oxygens (including phenoxy) is 1. The third-order valence-corrected chi connectivity index (χ3v) is 7.23. The second kappa shape index (κ2) is 6.92. The Kier molecular flexibility index (Phi) is 5.18. The third-order valence-electron chi connectivity index (χ3n) is 7.23. The fraction of sp³-hybridized carbons (Fsp3) is 0.667. The second-order valence-electron chi connectivity index (χ2n) is 8.67. The fourth-order valence-corrected chi connectivity index (χ4v) is 5.54. The number of hydrogen-bond donors (Lipinski definition) is 0. The Balaban J connectivity index is 0.00000182. The van der Waals surface area contributed by atoms with E-state index >= 15 is 0 Å². The lowest BCUT2D eigenvalue weighted by Gasteiger charge is -2.44. The van der Waals surface area contributed by atoms with E-state index in [1.807, 2.05) is 18.2 Å². The van der Waals surface area contributed by atoms with Crippen molar-refractivity contribution in [1.82, 2.24) is 0 Å². The molecule has 4 rings (SSSR count). The lowest BCUT2D eigenvalue weighted by molar-refractivity contribution is -0.931. The molecule has 3 nitrogen and oxygen atoms in total. The van der Waals surface area contributed by atoms with Crippen molar-refractivity contribution in [1.29, 1.82) is 0 Å². The Labute approximate surface area is 157 Å². The molecule has 2 bridgehead atoms. The minimum absolute atomic E-state index is 0. The maximum atomic E-state index is 13.2. The monoisotopic (exact) mass is 363 g/mol. The quantitative estimate of drug-likeness (QED) is 0.587. The van der Waals surface area contributed by atoms with Gasteiger partial charge in [0.1, 0.15) is 6.10 Å². The molecule has 25 heavy (non-hydrogen) atoms. The number of benzene rings is 1. The molecule has 2 aliphatic heterocycles. The van der Waals surface area contributed by atoms with Gasteiger partial charge in [0.2, 0.25) is 0 Å². The van der Waals surface area contributed by atoms with Gasteiger partial charge >= 0.3 is 5.97 Å². The number of hydrogen-bond acceptors (Lipinski definition) is 2. The van der Waals surface area contributed by atoms with Crippen molar-refractivity contribution in [2.45, 2.75) is 75.0 Å². The highest BCUT2D eigenvalue weighted by molar-refractivity contribution is 5.83. The number of fused-ring (bicyclic) bond motifs is 2. The van der Waals surface area contributed by atoms with Crippen LogP contribution in [0.5, 0.6) is 0 Å². The van der Waals surface area contributed by atoms with Crippen molar-refractivity contribution in [3.63, 3.8) is 0 Å². The maximum absolute atomic E-state index is 13.2. The van der Waals surface area contributed by atoms with E-state index in [9.17, 15) is 4.79 Å². The number of esters is 1. The van der Waals surface area contributed by atoms with Crippen molar-refractivity contribution in [3.8, 4) is 0 Å². The summed E-state index contributed by atoms with van der Waals surface area (Å²) >= 11 is 0. The highest BCUT2D eigenvalue weighted by Crippen LogP contribution is 2.45. The first-order valence-corrected chi connectivity index (χ1v) is 9.62. The van der Waals surface area contributed by atoms with E-state index in [1.54, 1.807) is 0 Å². The van der Waals surface area contributed by atoms with Crippen LogP contribution in [0.15, 0.2) is 30.3 Å². The van der Waals surface area contributed by atoms with Crippen LogP contribution in [0.25, 0.3) is 0 Å². The molecule has 2 saturated heterocycles. The average molecular weight is 364 g/mol. The lowest BCUT2D eigenvalue weighted by atomic mass is 9.79. The number of piperidine rings is 1. The van der Waals surface area contributed by atoms with Crippen LogP contribution >= 0.6 is 0 Å². The van der Waals surface area contributed by atoms with Gasteiger partial charge in [-0.05, 0) is 18.4 Å². The van der Waals surface area contributed by atoms with Gasteiger partial charge < -0.3 is 21.6 Å². The summed E-state index contributed by atoms with van der Waals surface area (Å²) in [6.45, 7) is 0. The SMILES string of the molecule is C[N+]1(C)C2CCC1CC(OC(=O)C1(c3ccccc3)CCCC1)C2.[Cl-]. The van der Waals surface area contributed by atoms with E-state index in [2.05, 4.69) is 26.2 Å². The van der Waals surface area contributed by atoms with Gasteiger partial charge in [0.05, 0.1) is 31.6 Å². The second-order valence-corrected chi connectivity index (χ2v) is 8.67. The minimum atomic E-state index is -0.387. The van der Waals surface area contributed by atoms with Crippen molar-refractivity contribution in [2.24, 2.45) is 0 Å². The van der Waals surface area contributed by atoms with Crippen LogP contribution in [0.2, 0.25) is 0 Å². The molecule has 0 radical (unpaired) electrons. The molecule has 0 N–H and O–H groups in total. The molecule has 1 aliphatic carbocycles. The summed E-state index contributed by atoms with van der Waals surface area (Å²) in [4.78, 5) is 13.2. The summed E-state index contributed by atoms with van der Waals surface area (Å²) in [5, 5.41) is 0. The first-order chi connectivity index (χ1) is 11.5. The number of carbonyl (C=O) groups is 1. The zero-order valence-corrected chi connectivity index (χ0v) is 16.2. The number of nitrogens with zero attached hydrogens (tertiary/aromatic N) is 1. The normalized spacial score (nSPS) is 32.0.